The van der Waals surface area contributed by atoms with E-state index in [9.17, 15) is 14.4 Å². The predicted octanol–water partition coefficient (Wildman–Crippen LogP) is 1.93. The van der Waals surface area contributed by atoms with Gasteiger partial charge in [-0.25, -0.2) is 0 Å². The zero-order chi connectivity index (χ0) is 22.8. The van der Waals surface area contributed by atoms with Crippen molar-refractivity contribution in [1.82, 2.24) is 15.4 Å². The van der Waals surface area contributed by atoms with Crippen molar-refractivity contribution in [2.24, 2.45) is 11.8 Å². The number of hydrogen-bond donors (Lipinski definition) is 2. The van der Waals surface area contributed by atoms with Gasteiger partial charge < -0.3 is 24.8 Å². The molecule has 2 saturated heterocycles. The molecule has 3 fully saturated rings. The Balaban J connectivity index is 1.50. The van der Waals surface area contributed by atoms with Gasteiger partial charge in [0.1, 0.15) is 17.4 Å². The molecule has 172 valence electrons. The van der Waals surface area contributed by atoms with Gasteiger partial charge in [0.25, 0.3) is 0 Å². The van der Waals surface area contributed by atoms with Gasteiger partial charge in [-0.2, -0.15) is 0 Å². The molecule has 1 saturated carbocycles. The Labute approximate surface area is 186 Å². The van der Waals surface area contributed by atoms with Gasteiger partial charge in [0.05, 0.1) is 17.9 Å². The fourth-order valence-electron chi connectivity index (χ4n) is 5.86. The highest BCUT2D eigenvalue weighted by molar-refractivity contribution is 6.02. The topological polar surface area (TPSA) is 114 Å². The maximum absolute atomic E-state index is 13.8. The maximum atomic E-state index is 13.8. The second-order valence-electron chi connectivity index (χ2n) is 10.4. The van der Waals surface area contributed by atoms with Crippen LogP contribution in [0.15, 0.2) is 22.7 Å². The first-order chi connectivity index (χ1) is 15.1. The molecule has 4 aliphatic rings. The maximum Gasteiger partial charge on any atom is 0.246 e. The van der Waals surface area contributed by atoms with Crippen LogP contribution in [0, 0.1) is 18.8 Å². The molecule has 0 radical (unpaired) electrons. The van der Waals surface area contributed by atoms with Gasteiger partial charge in [-0.05, 0) is 40.5 Å². The molecule has 9 nitrogen and oxygen atoms in total. The Morgan fingerprint density at radius 1 is 1.22 bits per heavy atom. The van der Waals surface area contributed by atoms with Crippen molar-refractivity contribution in [2.45, 2.75) is 82.7 Å². The van der Waals surface area contributed by atoms with E-state index in [2.05, 4.69) is 15.8 Å². The third-order valence-electron chi connectivity index (χ3n) is 6.96. The molecule has 1 aromatic heterocycles. The zero-order valence-corrected chi connectivity index (χ0v) is 18.9. The molecule has 4 heterocycles. The Bertz CT molecular complexity index is 989. The van der Waals surface area contributed by atoms with Gasteiger partial charge in [0.2, 0.25) is 17.7 Å². The van der Waals surface area contributed by atoms with Crippen LogP contribution in [0.1, 0.15) is 52.2 Å². The number of anilines is 1. The minimum atomic E-state index is -1.14. The van der Waals surface area contributed by atoms with Crippen molar-refractivity contribution in [1.29, 1.82) is 0 Å². The van der Waals surface area contributed by atoms with Crippen molar-refractivity contribution in [3.63, 3.8) is 0 Å². The Morgan fingerprint density at radius 3 is 2.56 bits per heavy atom. The van der Waals surface area contributed by atoms with E-state index in [1.54, 1.807) is 17.9 Å². The summed E-state index contributed by atoms with van der Waals surface area (Å²) in [5.41, 5.74) is -1.60. The molecule has 1 aromatic rings. The number of ether oxygens (including phenoxy) is 1. The molecular weight excluding hydrogens is 412 g/mol. The van der Waals surface area contributed by atoms with Crippen LogP contribution in [-0.4, -0.2) is 57.1 Å². The Hall–Kier alpha value is -2.68. The highest BCUT2D eigenvalue weighted by atomic mass is 16.5. The van der Waals surface area contributed by atoms with Crippen LogP contribution < -0.4 is 10.6 Å². The monoisotopic (exact) mass is 442 g/mol. The minimum absolute atomic E-state index is 0.0175. The summed E-state index contributed by atoms with van der Waals surface area (Å²) < 4.78 is 11.4. The summed E-state index contributed by atoms with van der Waals surface area (Å²) in [7, 11) is 0. The lowest BCUT2D eigenvalue weighted by Gasteiger charge is -2.37. The van der Waals surface area contributed by atoms with Crippen LogP contribution in [0.25, 0.3) is 0 Å². The standard InChI is InChI=1S/C23H30N4O5/c1-12-11-15(26-32-12)24-19(28)16-14-9-10-23(31-14)17(16)21(30)27(13-7-5-6-8-13)18(23)20(29)25-22(2,3)4/h9-11,13-14,16-18H,5-8H2,1-4H3,(H,25,29)(H,24,26,28)/t14-,16-,17+,18-,23-/m1/s1. The van der Waals surface area contributed by atoms with Crippen LogP contribution in [0.2, 0.25) is 0 Å². The second-order valence-corrected chi connectivity index (χ2v) is 10.4. The van der Waals surface area contributed by atoms with Gasteiger partial charge in [0, 0.05) is 17.6 Å². The molecule has 3 amide bonds. The number of aromatic nitrogens is 1. The van der Waals surface area contributed by atoms with Gasteiger partial charge in [-0.15, -0.1) is 0 Å². The summed E-state index contributed by atoms with van der Waals surface area (Å²) >= 11 is 0. The lowest BCUT2D eigenvalue weighted by atomic mass is 9.74. The molecule has 0 unspecified atom stereocenters. The SMILES string of the molecule is Cc1cc(NC(=O)[C@H]2[C@H]3C(=O)N(C4CCCC4)[C@H](C(=O)NC(C)(C)C)[C@@]34C=C[C@H]2O4)no1. The quantitative estimate of drug-likeness (QED) is 0.689. The fraction of sp³-hybridized carbons (Fsp3) is 0.652. The van der Waals surface area contributed by atoms with E-state index in [4.69, 9.17) is 9.26 Å². The number of carbonyl (C=O) groups excluding carboxylic acids is 3. The van der Waals surface area contributed by atoms with Crippen molar-refractivity contribution in [3.8, 4) is 0 Å². The van der Waals surface area contributed by atoms with E-state index in [1.807, 2.05) is 32.9 Å². The van der Waals surface area contributed by atoms with Crippen LogP contribution >= 0.6 is 0 Å². The molecule has 5 atom stereocenters. The third kappa shape index (κ3) is 3.17. The average Bonchev–Trinajstić information content (AvgIpc) is 3.48. The number of likely N-dealkylation sites (tertiary alicyclic amines) is 1. The Kier molecular flexibility index (Phi) is 4.74. The summed E-state index contributed by atoms with van der Waals surface area (Å²) in [5.74, 6) is -1.37. The Morgan fingerprint density at radius 2 is 1.94 bits per heavy atom. The summed E-state index contributed by atoms with van der Waals surface area (Å²) in [6, 6.07) is 0.810. The number of rotatable bonds is 4. The van der Waals surface area contributed by atoms with Gasteiger partial charge >= 0.3 is 0 Å². The predicted molar refractivity (Wildman–Crippen MR) is 114 cm³/mol. The zero-order valence-electron chi connectivity index (χ0n) is 18.9. The molecule has 1 aliphatic carbocycles. The first-order valence-corrected chi connectivity index (χ1v) is 11.4. The second kappa shape index (κ2) is 7.16. The first kappa shape index (κ1) is 21.2. The van der Waals surface area contributed by atoms with Gasteiger partial charge in [-0.1, -0.05) is 30.2 Å². The smallest absolute Gasteiger partial charge is 0.246 e. The summed E-state index contributed by atoms with van der Waals surface area (Å²) in [4.78, 5) is 42.3. The van der Waals surface area contributed by atoms with E-state index >= 15 is 0 Å². The van der Waals surface area contributed by atoms with E-state index in [0.29, 0.717) is 11.6 Å². The van der Waals surface area contributed by atoms with Crippen LogP contribution in [0.3, 0.4) is 0 Å². The van der Waals surface area contributed by atoms with E-state index in [0.717, 1.165) is 25.7 Å². The number of aryl methyl sites for hydroxylation is 1. The summed E-state index contributed by atoms with van der Waals surface area (Å²) in [6.07, 6.45) is 6.85. The molecule has 32 heavy (non-hydrogen) atoms. The number of nitrogens with zero attached hydrogens (tertiary/aromatic N) is 2. The number of carbonyl (C=O) groups is 3. The first-order valence-electron chi connectivity index (χ1n) is 11.4. The normalized spacial score (nSPS) is 33.8. The van der Waals surface area contributed by atoms with Gasteiger partial charge in [-0.3, -0.25) is 14.4 Å². The van der Waals surface area contributed by atoms with Crippen LogP contribution in [0.5, 0.6) is 0 Å². The van der Waals surface area contributed by atoms with Crippen molar-refractivity contribution in [3.05, 3.63) is 24.0 Å². The number of amides is 3. The lowest BCUT2D eigenvalue weighted by Crippen LogP contribution is -2.59. The highest BCUT2D eigenvalue weighted by Gasteiger charge is 2.73. The third-order valence-corrected chi connectivity index (χ3v) is 6.96. The molecule has 2 bridgehead atoms. The number of nitrogens with one attached hydrogen (secondary N) is 2. The van der Waals surface area contributed by atoms with Crippen molar-refractivity contribution < 1.29 is 23.6 Å². The number of fused-ring (bicyclic) bond motifs is 1. The molecular formula is C23H30N4O5. The van der Waals surface area contributed by atoms with Crippen molar-refractivity contribution >= 4 is 23.5 Å². The van der Waals surface area contributed by atoms with Crippen molar-refractivity contribution in [2.75, 3.05) is 5.32 Å². The highest BCUT2D eigenvalue weighted by Crippen LogP contribution is 2.56. The van der Waals surface area contributed by atoms with E-state index in [-0.39, 0.29) is 23.8 Å². The molecule has 5 rings (SSSR count). The number of hydrogen-bond acceptors (Lipinski definition) is 6. The van der Waals surface area contributed by atoms with Crippen LogP contribution in [0.4, 0.5) is 5.82 Å². The average molecular weight is 443 g/mol. The minimum Gasteiger partial charge on any atom is -0.360 e. The molecule has 9 heteroatoms. The van der Waals surface area contributed by atoms with Crippen LogP contribution in [-0.2, 0) is 19.1 Å². The lowest BCUT2D eigenvalue weighted by molar-refractivity contribution is -0.144. The van der Waals surface area contributed by atoms with E-state index in [1.165, 1.54) is 0 Å². The van der Waals surface area contributed by atoms with Gasteiger partial charge in [0.15, 0.2) is 5.82 Å². The van der Waals surface area contributed by atoms with E-state index < -0.39 is 35.1 Å². The molecule has 2 N–H and O–H groups in total. The molecule has 1 spiro atoms. The summed E-state index contributed by atoms with van der Waals surface area (Å²) in [5, 5.41) is 9.63. The molecule has 0 aromatic carbocycles. The molecule has 3 aliphatic heterocycles. The summed E-state index contributed by atoms with van der Waals surface area (Å²) in [6.45, 7) is 7.47. The largest absolute Gasteiger partial charge is 0.360 e. The fourth-order valence-corrected chi connectivity index (χ4v) is 5.86.